The second-order valence-corrected chi connectivity index (χ2v) is 5.23. The van der Waals surface area contributed by atoms with Crippen LogP contribution in [0, 0.1) is 0 Å². The number of ether oxygens (including phenoxy) is 1. The Hall–Kier alpha value is -0.770. The molecule has 2 rings (SSSR count). The predicted octanol–water partition coefficient (Wildman–Crippen LogP) is 2.83. The lowest BCUT2D eigenvalue weighted by molar-refractivity contribution is 0.248. The summed E-state index contributed by atoms with van der Waals surface area (Å²) in [4.78, 5) is 2.45. The van der Waals surface area contributed by atoms with Gasteiger partial charge >= 0.3 is 0 Å². The smallest absolute Gasteiger partial charge is 0.137 e. The average Bonchev–Trinajstić information content (AvgIpc) is 2.71. The molecule has 1 aromatic carbocycles. The second-order valence-electron chi connectivity index (χ2n) is 4.83. The minimum Gasteiger partial charge on any atom is -0.495 e. The Morgan fingerprint density at radius 1 is 1.50 bits per heavy atom. The Bertz CT molecular complexity index is 409. The molecule has 0 amide bonds. The van der Waals surface area contributed by atoms with Gasteiger partial charge in [-0.3, -0.25) is 4.90 Å². The van der Waals surface area contributed by atoms with Gasteiger partial charge < -0.3 is 10.5 Å². The van der Waals surface area contributed by atoms with Gasteiger partial charge in [0.2, 0.25) is 0 Å². The molecule has 0 saturated carbocycles. The zero-order valence-corrected chi connectivity index (χ0v) is 11.8. The molecule has 0 aliphatic carbocycles. The number of hydrogen-bond donors (Lipinski definition) is 1. The van der Waals surface area contributed by atoms with Crippen LogP contribution >= 0.6 is 11.6 Å². The van der Waals surface area contributed by atoms with Gasteiger partial charge in [0.15, 0.2) is 0 Å². The minimum atomic E-state index is 0.195. The van der Waals surface area contributed by atoms with Crippen molar-refractivity contribution in [3.05, 3.63) is 28.8 Å². The van der Waals surface area contributed by atoms with Gasteiger partial charge in [-0.15, -0.1) is 0 Å². The molecule has 2 N–H and O–H groups in total. The van der Waals surface area contributed by atoms with Gasteiger partial charge in [-0.2, -0.15) is 0 Å². The van der Waals surface area contributed by atoms with Crippen LogP contribution < -0.4 is 10.5 Å². The Balaban J connectivity index is 2.25. The highest BCUT2D eigenvalue weighted by molar-refractivity contribution is 6.32. The van der Waals surface area contributed by atoms with E-state index in [1.165, 1.54) is 5.56 Å². The number of hydrogen-bond acceptors (Lipinski definition) is 3. The molecule has 4 heteroatoms. The maximum absolute atomic E-state index is 6.24. The summed E-state index contributed by atoms with van der Waals surface area (Å²) >= 11 is 6.20. The average molecular weight is 269 g/mol. The number of rotatable bonds is 4. The summed E-state index contributed by atoms with van der Waals surface area (Å²) in [6.45, 7) is 4.35. The molecular formula is C14H21ClN2O. The summed E-state index contributed by atoms with van der Waals surface area (Å²) in [5.41, 5.74) is 7.43. The van der Waals surface area contributed by atoms with E-state index in [2.05, 4.69) is 17.9 Å². The number of benzene rings is 1. The van der Waals surface area contributed by atoms with Crippen LogP contribution in [0.25, 0.3) is 0 Å². The fourth-order valence-electron chi connectivity index (χ4n) is 2.75. The van der Waals surface area contributed by atoms with Gasteiger partial charge in [-0.05, 0) is 37.1 Å². The van der Waals surface area contributed by atoms with E-state index in [9.17, 15) is 0 Å². The van der Waals surface area contributed by atoms with Crippen molar-refractivity contribution < 1.29 is 4.74 Å². The first-order valence-corrected chi connectivity index (χ1v) is 6.88. The van der Waals surface area contributed by atoms with Crippen molar-refractivity contribution in [2.75, 3.05) is 20.2 Å². The Kier molecular flexibility index (Phi) is 4.49. The van der Waals surface area contributed by atoms with E-state index in [1.54, 1.807) is 7.11 Å². The van der Waals surface area contributed by atoms with Gasteiger partial charge in [-0.1, -0.05) is 24.6 Å². The molecule has 1 aliphatic rings. The fraction of sp³-hybridized carbons (Fsp3) is 0.571. The molecule has 100 valence electrons. The van der Waals surface area contributed by atoms with E-state index in [-0.39, 0.29) is 12.1 Å². The van der Waals surface area contributed by atoms with Crippen molar-refractivity contribution in [2.24, 2.45) is 5.73 Å². The topological polar surface area (TPSA) is 38.5 Å². The van der Waals surface area contributed by atoms with Crippen LogP contribution in [0.4, 0.5) is 0 Å². The van der Waals surface area contributed by atoms with Gasteiger partial charge in [0, 0.05) is 18.6 Å². The van der Waals surface area contributed by atoms with Gasteiger partial charge in [0.05, 0.1) is 12.1 Å². The largest absolute Gasteiger partial charge is 0.495 e. The molecule has 0 bridgehead atoms. The summed E-state index contributed by atoms with van der Waals surface area (Å²) in [5, 5.41) is 0.658. The SMILES string of the molecule is CCCN1CCC(N)C1c1ccc(OC)c(Cl)c1. The zero-order valence-electron chi connectivity index (χ0n) is 11.0. The molecule has 1 fully saturated rings. The number of likely N-dealkylation sites (tertiary alicyclic amines) is 1. The third-order valence-corrected chi connectivity index (χ3v) is 3.87. The van der Waals surface area contributed by atoms with E-state index in [0.717, 1.165) is 25.9 Å². The number of methoxy groups -OCH3 is 1. The van der Waals surface area contributed by atoms with Crippen LogP contribution in [0.15, 0.2) is 18.2 Å². The molecule has 1 aliphatic heterocycles. The van der Waals surface area contributed by atoms with Crippen molar-refractivity contribution >= 4 is 11.6 Å². The maximum Gasteiger partial charge on any atom is 0.137 e. The van der Waals surface area contributed by atoms with Crippen LogP contribution in [0.2, 0.25) is 5.02 Å². The third kappa shape index (κ3) is 2.63. The molecule has 18 heavy (non-hydrogen) atoms. The van der Waals surface area contributed by atoms with Crippen molar-refractivity contribution in [1.82, 2.24) is 4.90 Å². The van der Waals surface area contributed by atoms with E-state index >= 15 is 0 Å². The summed E-state index contributed by atoms with van der Waals surface area (Å²) in [6, 6.07) is 6.46. The van der Waals surface area contributed by atoms with Gasteiger partial charge in [0.25, 0.3) is 0 Å². The van der Waals surface area contributed by atoms with E-state index in [4.69, 9.17) is 22.1 Å². The van der Waals surface area contributed by atoms with Crippen LogP contribution in [-0.2, 0) is 0 Å². The van der Waals surface area contributed by atoms with Gasteiger partial charge in [0.1, 0.15) is 5.75 Å². The molecule has 0 aromatic heterocycles. The molecule has 1 saturated heterocycles. The summed E-state index contributed by atoms with van der Waals surface area (Å²) in [5.74, 6) is 0.717. The van der Waals surface area contributed by atoms with E-state index in [0.29, 0.717) is 10.8 Å². The Morgan fingerprint density at radius 3 is 2.89 bits per heavy atom. The molecule has 1 heterocycles. The molecule has 2 unspecified atom stereocenters. The Labute approximate surface area is 114 Å². The maximum atomic E-state index is 6.24. The summed E-state index contributed by atoms with van der Waals surface area (Å²) in [6.07, 6.45) is 2.20. The molecule has 3 nitrogen and oxygen atoms in total. The number of halogens is 1. The highest BCUT2D eigenvalue weighted by Gasteiger charge is 2.32. The van der Waals surface area contributed by atoms with Crippen molar-refractivity contribution in [2.45, 2.75) is 31.8 Å². The first-order valence-electron chi connectivity index (χ1n) is 6.50. The molecule has 0 spiro atoms. The zero-order chi connectivity index (χ0) is 13.1. The summed E-state index contributed by atoms with van der Waals surface area (Å²) < 4.78 is 5.19. The number of nitrogens with two attached hydrogens (primary N) is 1. The third-order valence-electron chi connectivity index (χ3n) is 3.58. The first-order chi connectivity index (χ1) is 8.67. The van der Waals surface area contributed by atoms with Crippen LogP contribution in [0.3, 0.4) is 0 Å². The monoisotopic (exact) mass is 268 g/mol. The van der Waals surface area contributed by atoms with E-state index in [1.807, 2.05) is 12.1 Å². The lowest BCUT2D eigenvalue weighted by atomic mass is 10.0. The quantitative estimate of drug-likeness (QED) is 0.913. The van der Waals surface area contributed by atoms with Crippen LogP contribution in [0.1, 0.15) is 31.4 Å². The fourth-order valence-corrected chi connectivity index (χ4v) is 3.01. The Morgan fingerprint density at radius 2 is 2.28 bits per heavy atom. The predicted molar refractivity (Wildman–Crippen MR) is 75.2 cm³/mol. The van der Waals surface area contributed by atoms with Crippen LogP contribution in [-0.4, -0.2) is 31.1 Å². The highest BCUT2D eigenvalue weighted by Crippen LogP contribution is 2.35. The van der Waals surface area contributed by atoms with Crippen LogP contribution in [0.5, 0.6) is 5.75 Å². The van der Waals surface area contributed by atoms with Gasteiger partial charge in [-0.25, -0.2) is 0 Å². The van der Waals surface area contributed by atoms with Crippen molar-refractivity contribution in [1.29, 1.82) is 0 Å². The lowest BCUT2D eigenvalue weighted by Crippen LogP contribution is -2.32. The molecule has 1 aromatic rings. The molecule has 2 atom stereocenters. The standard InChI is InChI=1S/C14H21ClN2O/c1-3-7-17-8-6-12(16)14(17)10-4-5-13(18-2)11(15)9-10/h4-5,9,12,14H,3,6-8,16H2,1-2H3. The highest BCUT2D eigenvalue weighted by atomic mass is 35.5. The molecule has 0 radical (unpaired) electrons. The van der Waals surface area contributed by atoms with E-state index < -0.39 is 0 Å². The lowest BCUT2D eigenvalue weighted by Gasteiger charge is -2.27. The first kappa shape index (κ1) is 13.7. The minimum absolute atomic E-state index is 0.195. The van der Waals surface area contributed by atoms with Crippen molar-refractivity contribution in [3.8, 4) is 5.75 Å². The van der Waals surface area contributed by atoms with Crippen molar-refractivity contribution in [3.63, 3.8) is 0 Å². The summed E-state index contributed by atoms with van der Waals surface area (Å²) in [7, 11) is 1.63. The second kappa shape index (κ2) is 5.91. The molecular weight excluding hydrogens is 248 g/mol. The number of nitrogens with zero attached hydrogens (tertiary/aromatic N) is 1. The normalized spacial score (nSPS) is 24.4.